The molecule has 1 aromatic rings. The van der Waals surface area contributed by atoms with Gasteiger partial charge < -0.3 is 10.1 Å². The zero-order valence-corrected chi connectivity index (χ0v) is 19.4. The van der Waals surface area contributed by atoms with Crippen LogP contribution in [0.2, 0.25) is 0 Å². The molecular formula is C26H42FNO3. The van der Waals surface area contributed by atoms with Crippen molar-refractivity contribution in [3.8, 4) is 0 Å². The molecule has 1 N–H and O–H groups in total. The van der Waals surface area contributed by atoms with Gasteiger partial charge in [0.1, 0.15) is 5.82 Å². The number of carbonyl (C=O) groups excluding carboxylic acids is 2. The molecule has 0 aromatic heterocycles. The predicted molar refractivity (Wildman–Crippen MR) is 126 cm³/mol. The van der Waals surface area contributed by atoms with E-state index in [0.717, 1.165) is 19.3 Å². The van der Waals surface area contributed by atoms with Gasteiger partial charge >= 0.3 is 11.9 Å². The maximum Gasteiger partial charge on any atom is 0.397 e. The molecule has 0 unspecified atom stereocenters. The second-order valence-corrected chi connectivity index (χ2v) is 8.37. The first-order chi connectivity index (χ1) is 15.1. The maximum atomic E-state index is 13.5. The molecule has 1 aromatic carbocycles. The molecular weight excluding hydrogens is 393 g/mol. The van der Waals surface area contributed by atoms with Crippen LogP contribution in [0.25, 0.3) is 0 Å². The summed E-state index contributed by atoms with van der Waals surface area (Å²) >= 11 is 0. The number of anilines is 1. The second-order valence-electron chi connectivity index (χ2n) is 8.37. The van der Waals surface area contributed by atoms with E-state index < -0.39 is 17.7 Å². The second kappa shape index (κ2) is 18.8. The lowest BCUT2D eigenvalue weighted by Gasteiger charge is -2.07. The number of halogens is 1. The number of esters is 1. The van der Waals surface area contributed by atoms with Gasteiger partial charge in [-0.1, -0.05) is 115 Å². The summed E-state index contributed by atoms with van der Waals surface area (Å²) in [7, 11) is 0. The average Bonchev–Trinajstić information content (AvgIpc) is 2.77. The zero-order valence-electron chi connectivity index (χ0n) is 19.4. The van der Waals surface area contributed by atoms with E-state index in [4.69, 9.17) is 4.74 Å². The minimum Gasteiger partial charge on any atom is -0.459 e. The topological polar surface area (TPSA) is 55.4 Å². The molecule has 0 aliphatic rings. The molecule has 176 valence electrons. The molecule has 0 radical (unpaired) electrons. The molecule has 5 heteroatoms. The first kappa shape index (κ1) is 27.1. The highest BCUT2D eigenvalue weighted by atomic mass is 19.1. The van der Waals surface area contributed by atoms with Crippen molar-refractivity contribution in [3.63, 3.8) is 0 Å². The summed E-state index contributed by atoms with van der Waals surface area (Å²) in [4.78, 5) is 23.4. The Bertz CT molecular complexity index is 606. The molecule has 0 fully saturated rings. The number of para-hydroxylation sites is 1. The van der Waals surface area contributed by atoms with Gasteiger partial charge in [0.25, 0.3) is 0 Å². The van der Waals surface area contributed by atoms with Crippen molar-refractivity contribution in [2.45, 2.75) is 110 Å². The first-order valence-corrected chi connectivity index (χ1v) is 12.4. The van der Waals surface area contributed by atoms with Crippen molar-refractivity contribution < 1.29 is 18.7 Å². The highest BCUT2D eigenvalue weighted by Gasteiger charge is 2.16. The van der Waals surface area contributed by atoms with E-state index in [1.165, 1.54) is 102 Å². The van der Waals surface area contributed by atoms with Gasteiger partial charge in [-0.15, -0.1) is 0 Å². The summed E-state index contributed by atoms with van der Waals surface area (Å²) < 4.78 is 18.4. The molecule has 0 spiro atoms. The van der Waals surface area contributed by atoms with E-state index in [-0.39, 0.29) is 12.3 Å². The lowest BCUT2D eigenvalue weighted by atomic mass is 10.0. The monoisotopic (exact) mass is 435 g/mol. The molecule has 0 saturated carbocycles. The number of rotatable bonds is 18. The molecule has 0 bridgehead atoms. The highest BCUT2D eigenvalue weighted by molar-refractivity contribution is 6.37. The van der Waals surface area contributed by atoms with Crippen LogP contribution < -0.4 is 5.32 Å². The summed E-state index contributed by atoms with van der Waals surface area (Å²) in [6, 6.07) is 5.72. The van der Waals surface area contributed by atoms with Gasteiger partial charge in [-0.2, -0.15) is 0 Å². The number of hydrogen-bond donors (Lipinski definition) is 1. The number of ether oxygens (including phenoxy) is 1. The minimum absolute atomic E-state index is 0.0214. The molecule has 0 saturated heterocycles. The van der Waals surface area contributed by atoms with E-state index in [2.05, 4.69) is 12.2 Å². The summed E-state index contributed by atoms with van der Waals surface area (Å²) in [6.07, 6.45) is 20.4. The van der Waals surface area contributed by atoms with E-state index in [1.807, 2.05) is 0 Å². The Morgan fingerprint density at radius 1 is 0.742 bits per heavy atom. The Morgan fingerprint density at radius 2 is 1.19 bits per heavy atom. The third-order valence-corrected chi connectivity index (χ3v) is 5.54. The smallest absolute Gasteiger partial charge is 0.397 e. The fourth-order valence-electron chi connectivity index (χ4n) is 3.62. The fraction of sp³-hybridized carbons (Fsp3) is 0.692. The van der Waals surface area contributed by atoms with Crippen molar-refractivity contribution in [2.75, 3.05) is 11.9 Å². The van der Waals surface area contributed by atoms with Crippen LogP contribution in [0.1, 0.15) is 110 Å². The average molecular weight is 436 g/mol. The molecule has 1 amide bonds. The highest BCUT2D eigenvalue weighted by Crippen LogP contribution is 2.14. The van der Waals surface area contributed by atoms with Crippen molar-refractivity contribution in [1.82, 2.24) is 0 Å². The number of nitrogens with one attached hydrogen (secondary N) is 1. The molecule has 0 heterocycles. The van der Waals surface area contributed by atoms with Crippen LogP contribution >= 0.6 is 0 Å². The van der Waals surface area contributed by atoms with Gasteiger partial charge in [0.2, 0.25) is 0 Å². The number of unbranched alkanes of at least 4 members (excludes halogenated alkanes) is 15. The lowest BCUT2D eigenvalue weighted by Crippen LogP contribution is -2.25. The van der Waals surface area contributed by atoms with E-state index >= 15 is 0 Å². The molecule has 0 aliphatic carbocycles. The Hall–Kier alpha value is -1.91. The summed E-state index contributed by atoms with van der Waals surface area (Å²) in [5.41, 5.74) is -0.0214. The molecule has 0 aliphatic heterocycles. The van der Waals surface area contributed by atoms with Gasteiger partial charge in [-0.05, 0) is 18.6 Å². The van der Waals surface area contributed by atoms with Crippen LogP contribution in [-0.2, 0) is 14.3 Å². The van der Waals surface area contributed by atoms with Crippen LogP contribution in [0.15, 0.2) is 24.3 Å². The fourth-order valence-corrected chi connectivity index (χ4v) is 3.62. The Labute approximate surface area is 188 Å². The van der Waals surface area contributed by atoms with E-state index in [1.54, 1.807) is 6.07 Å². The van der Waals surface area contributed by atoms with Crippen molar-refractivity contribution in [2.24, 2.45) is 0 Å². The first-order valence-electron chi connectivity index (χ1n) is 12.4. The predicted octanol–water partition coefficient (Wildman–Crippen LogP) is 7.57. The van der Waals surface area contributed by atoms with E-state index in [0.29, 0.717) is 0 Å². The SMILES string of the molecule is CCCCCCCCCCCCCCCCCCOC(=O)C(=O)Nc1ccccc1F. The quantitative estimate of drug-likeness (QED) is 0.147. The zero-order chi connectivity index (χ0) is 22.6. The molecule has 31 heavy (non-hydrogen) atoms. The maximum absolute atomic E-state index is 13.5. The largest absolute Gasteiger partial charge is 0.459 e. The lowest BCUT2D eigenvalue weighted by molar-refractivity contribution is -0.152. The molecule has 0 atom stereocenters. The van der Waals surface area contributed by atoms with Crippen LogP contribution in [0.4, 0.5) is 10.1 Å². The van der Waals surface area contributed by atoms with Crippen molar-refractivity contribution >= 4 is 17.6 Å². The Kier molecular flexibility index (Phi) is 16.5. The van der Waals surface area contributed by atoms with Crippen LogP contribution in [0.3, 0.4) is 0 Å². The number of hydrogen-bond acceptors (Lipinski definition) is 3. The van der Waals surface area contributed by atoms with Gasteiger partial charge in [-0.25, -0.2) is 9.18 Å². The normalized spacial score (nSPS) is 10.8. The van der Waals surface area contributed by atoms with Gasteiger partial charge in [0.05, 0.1) is 12.3 Å². The Balaban J connectivity index is 1.85. The molecule has 4 nitrogen and oxygen atoms in total. The van der Waals surface area contributed by atoms with E-state index in [9.17, 15) is 14.0 Å². The van der Waals surface area contributed by atoms with Crippen molar-refractivity contribution in [3.05, 3.63) is 30.1 Å². The van der Waals surface area contributed by atoms with Gasteiger partial charge in [0.15, 0.2) is 0 Å². The molecule has 1 rings (SSSR count). The number of carbonyl (C=O) groups is 2. The number of benzene rings is 1. The van der Waals surface area contributed by atoms with Crippen molar-refractivity contribution in [1.29, 1.82) is 0 Å². The Morgan fingerprint density at radius 3 is 1.68 bits per heavy atom. The summed E-state index contributed by atoms with van der Waals surface area (Å²) in [5.74, 6) is -2.49. The number of amides is 1. The standard InChI is InChI=1S/C26H42FNO3/c1-2-3-4-5-6-7-8-9-10-11-12-13-14-15-16-19-22-31-26(30)25(29)28-24-21-18-17-20-23(24)27/h17-18,20-21H,2-16,19,22H2,1H3,(H,28,29). The third kappa shape index (κ3) is 14.7. The summed E-state index contributed by atoms with van der Waals surface area (Å²) in [6.45, 7) is 2.49. The van der Waals surface area contributed by atoms with Gasteiger partial charge in [-0.3, -0.25) is 4.79 Å². The third-order valence-electron chi connectivity index (χ3n) is 5.54. The summed E-state index contributed by atoms with van der Waals surface area (Å²) in [5, 5.41) is 2.23. The van der Waals surface area contributed by atoms with Crippen LogP contribution in [0, 0.1) is 5.82 Å². The van der Waals surface area contributed by atoms with Gasteiger partial charge in [0, 0.05) is 0 Å². The van der Waals surface area contributed by atoms with Crippen LogP contribution in [-0.4, -0.2) is 18.5 Å². The van der Waals surface area contributed by atoms with Crippen LogP contribution in [0.5, 0.6) is 0 Å². The minimum atomic E-state index is -0.968.